The highest BCUT2D eigenvalue weighted by atomic mass is 15.4. The fraction of sp³-hybridized carbons (Fsp3) is 1.00. The molecule has 22 heavy (non-hydrogen) atoms. The number of hydrogen-bond donors (Lipinski definition) is 0. The number of piperazine rings is 2. The Morgan fingerprint density at radius 2 is 1.82 bits per heavy atom. The Labute approximate surface area is 137 Å². The molecule has 2 unspecified atom stereocenters. The zero-order chi connectivity index (χ0) is 15.9. The van der Waals surface area contributed by atoms with Gasteiger partial charge in [0.1, 0.15) is 0 Å². The van der Waals surface area contributed by atoms with E-state index >= 15 is 0 Å². The average molecular weight is 309 g/mol. The highest BCUT2D eigenvalue weighted by Crippen LogP contribution is 2.31. The van der Waals surface area contributed by atoms with Crippen molar-refractivity contribution >= 4 is 0 Å². The first kappa shape index (κ1) is 16.7. The summed E-state index contributed by atoms with van der Waals surface area (Å²) in [6.45, 7) is 17.0. The summed E-state index contributed by atoms with van der Waals surface area (Å²) in [6, 6.07) is 3.56. The molecule has 0 saturated carbocycles. The van der Waals surface area contributed by atoms with E-state index in [-0.39, 0.29) is 0 Å². The van der Waals surface area contributed by atoms with Crippen LogP contribution in [0.5, 0.6) is 0 Å². The number of fused-ring (bicyclic) bond motifs is 1. The lowest BCUT2D eigenvalue weighted by Gasteiger charge is -2.54. The molecular weight excluding hydrogens is 272 g/mol. The minimum atomic E-state index is 0.652. The van der Waals surface area contributed by atoms with Gasteiger partial charge < -0.3 is 9.80 Å². The number of rotatable bonds is 3. The van der Waals surface area contributed by atoms with E-state index in [1.165, 1.54) is 52.1 Å². The quantitative estimate of drug-likeness (QED) is 0.784. The van der Waals surface area contributed by atoms with E-state index < -0.39 is 0 Å². The monoisotopic (exact) mass is 308 g/mol. The first-order valence-corrected chi connectivity index (χ1v) is 9.45. The van der Waals surface area contributed by atoms with Crippen LogP contribution in [0.25, 0.3) is 0 Å². The molecule has 3 fully saturated rings. The predicted molar refractivity (Wildman–Crippen MR) is 93.4 cm³/mol. The van der Waals surface area contributed by atoms with Crippen LogP contribution in [0.15, 0.2) is 0 Å². The lowest BCUT2D eigenvalue weighted by molar-refractivity contribution is -0.0500. The number of nitrogens with zero attached hydrogens (tertiary/aromatic N) is 4. The molecule has 3 saturated heterocycles. The Kier molecular flexibility index (Phi) is 5.13. The molecule has 3 heterocycles. The molecular formula is C18H36N4. The molecule has 0 amide bonds. The molecule has 4 heteroatoms. The van der Waals surface area contributed by atoms with Gasteiger partial charge in [-0.2, -0.15) is 0 Å². The largest absolute Gasteiger partial charge is 0.301 e. The average Bonchev–Trinajstić information content (AvgIpc) is 2.96. The van der Waals surface area contributed by atoms with Gasteiger partial charge in [0.2, 0.25) is 0 Å². The van der Waals surface area contributed by atoms with E-state index in [4.69, 9.17) is 0 Å². The van der Waals surface area contributed by atoms with E-state index in [0.29, 0.717) is 18.1 Å². The van der Waals surface area contributed by atoms with Crippen LogP contribution < -0.4 is 0 Å². The highest BCUT2D eigenvalue weighted by Gasteiger charge is 2.44. The Hall–Kier alpha value is -0.160. The fourth-order valence-electron chi connectivity index (χ4n) is 4.93. The molecule has 0 aliphatic carbocycles. The fourth-order valence-corrected chi connectivity index (χ4v) is 4.93. The number of hydrogen-bond acceptors (Lipinski definition) is 4. The minimum absolute atomic E-state index is 0.652. The van der Waals surface area contributed by atoms with Crippen molar-refractivity contribution in [2.45, 2.75) is 70.7 Å². The molecule has 3 rings (SSSR count). The Balaban J connectivity index is 1.81. The third-order valence-electron chi connectivity index (χ3n) is 6.45. The maximum atomic E-state index is 2.87. The zero-order valence-electron chi connectivity index (χ0n) is 15.3. The molecule has 3 aliphatic rings. The van der Waals surface area contributed by atoms with Crippen LogP contribution >= 0.6 is 0 Å². The summed E-state index contributed by atoms with van der Waals surface area (Å²) in [5, 5.41) is 0. The van der Waals surface area contributed by atoms with Gasteiger partial charge in [-0.15, -0.1) is 0 Å². The van der Waals surface area contributed by atoms with Gasteiger partial charge in [0, 0.05) is 56.4 Å². The summed E-state index contributed by atoms with van der Waals surface area (Å²) >= 11 is 0. The SMILES string of the molecule is CCN1CC(C2CN(C)[C@H](C)CN2C(C)C)N2CCC[C@@H]2C1. The van der Waals surface area contributed by atoms with Crippen molar-refractivity contribution in [3.05, 3.63) is 0 Å². The Morgan fingerprint density at radius 3 is 2.50 bits per heavy atom. The first-order chi connectivity index (χ1) is 10.5. The molecule has 0 aromatic rings. The second kappa shape index (κ2) is 6.76. The van der Waals surface area contributed by atoms with Gasteiger partial charge in [-0.25, -0.2) is 0 Å². The van der Waals surface area contributed by atoms with E-state index in [0.717, 1.165) is 12.1 Å². The van der Waals surface area contributed by atoms with E-state index in [9.17, 15) is 0 Å². The van der Waals surface area contributed by atoms with Crippen molar-refractivity contribution in [2.24, 2.45) is 0 Å². The smallest absolute Gasteiger partial charge is 0.0394 e. The third-order valence-corrected chi connectivity index (χ3v) is 6.45. The van der Waals surface area contributed by atoms with Crippen LogP contribution in [-0.4, -0.2) is 96.1 Å². The van der Waals surface area contributed by atoms with Crippen molar-refractivity contribution in [2.75, 3.05) is 46.3 Å². The summed E-state index contributed by atoms with van der Waals surface area (Å²) in [5.74, 6) is 0. The maximum Gasteiger partial charge on any atom is 0.0394 e. The molecule has 128 valence electrons. The third kappa shape index (κ3) is 3.08. The van der Waals surface area contributed by atoms with Crippen LogP contribution in [0, 0.1) is 0 Å². The standard InChI is InChI=1S/C18H36N4/c1-6-20-11-16-8-7-9-21(16)18(13-20)17-12-19(5)15(4)10-22(17)14(2)3/h14-18H,6-13H2,1-5H3/t15-,16-,17?,18?/m1/s1. The van der Waals surface area contributed by atoms with E-state index in [2.05, 4.69) is 54.3 Å². The lowest BCUT2D eigenvalue weighted by Crippen LogP contribution is -2.69. The molecule has 4 atom stereocenters. The van der Waals surface area contributed by atoms with E-state index in [1.807, 2.05) is 0 Å². The molecule has 0 bridgehead atoms. The zero-order valence-corrected chi connectivity index (χ0v) is 15.3. The predicted octanol–water partition coefficient (Wildman–Crippen LogP) is 1.57. The van der Waals surface area contributed by atoms with Crippen molar-refractivity contribution in [1.29, 1.82) is 0 Å². The van der Waals surface area contributed by atoms with Gasteiger partial charge >= 0.3 is 0 Å². The van der Waals surface area contributed by atoms with Crippen LogP contribution in [0.2, 0.25) is 0 Å². The summed E-state index contributed by atoms with van der Waals surface area (Å²) in [4.78, 5) is 11.0. The van der Waals surface area contributed by atoms with Crippen molar-refractivity contribution < 1.29 is 0 Å². The summed E-state index contributed by atoms with van der Waals surface area (Å²) < 4.78 is 0. The second-order valence-electron chi connectivity index (χ2n) is 8.10. The topological polar surface area (TPSA) is 13.0 Å². The summed E-state index contributed by atoms with van der Waals surface area (Å²) in [6.07, 6.45) is 2.81. The Bertz CT molecular complexity index is 370. The molecule has 0 aromatic carbocycles. The Morgan fingerprint density at radius 1 is 1.05 bits per heavy atom. The molecule has 0 radical (unpaired) electrons. The van der Waals surface area contributed by atoms with Crippen molar-refractivity contribution in [3.63, 3.8) is 0 Å². The molecule has 0 aromatic heterocycles. The normalized spacial score (nSPS) is 39.5. The summed E-state index contributed by atoms with van der Waals surface area (Å²) in [7, 11) is 2.32. The lowest BCUT2D eigenvalue weighted by atomic mass is 9.94. The minimum Gasteiger partial charge on any atom is -0.301 e. The van der Waals surface area contributed by atoms with Gasteiger partial charge in [0.25, 0.3) is 0 Å². The van der Waals surface area contributed by atoms with Crippen molar-refractivity contribution in [3.8, 4) is 0 Å². The first-order valence-electron chi connectivity index (χ1n) is 9.45. The molecule has 0 N–H and O–H groups in total. The highest BCUT2D eigenvalue weighted by molar-refractivity contribution is 5.02. The second-order valence-corrected chi connectivity index (χ2v) is 8.10. The van der Waals surface area contributed by atoms with E-state index in [1.54, 1.807) is 0 Å². The molecule has 0 spiro atoms. The van der Waals surface area contributed by atoms with Crippen LogP contribution in [0.1, 0.15) is 40.5 Å². The van der Waals surface area contributed by atoms with Crippen LogP contribution in [-0.2, 0) is 0 Å². The molecule has 4 nitrogen and oxygen atoms in total. The van der Waals surface area contributed by atoms with Crippen molar-refractivity contribution in [1.82, 2.24) is 19.6 Å². The van der Waals surface area contributed by atoms with Gasteiger partial charge in [0.05, 0.1) is 0 Å². The summed E-state index contributed by atoms with van der Waals surface area (Å²) in [5.41, 5.74) is 0. The van der Waals surface area contributed by atoms with Gasteiger partial charge in [-0.1, -0.05) is 6.92 Å². The van der Waals surface area contributed by atoms with Crippen LogP contribution in [0.3, 0.4) is 0 Å². The maximum absolute atomic E-state index is 2.87. The molecule has 3 aliphatic heterocycles. The van der Waals surface area contributed by atoms with Gasteiger partial charge in [0.15, 0.2) is 0 Å². The van der Waals surface area contributed by atoms with Gasteiger partial charge in [-0.05, 0) is 53.8 Å². The van der Waals surface area contributed by atoms with Crippen LogP contribution in [0.4, 0.5) is 0 Å². The van der Waals surface area contributed by atoms with Gasteiger partial charge in [-0.3, -0.25) is 9.80 Å². The number of likely N-dealkylation sites (N-methyl/N-ethyl adjacent to an activating group) is 2.